The van der Waals surface area contributed by atoms with E-state index in [1.807, 2.05) is 13.8 Å². The van der Waals surface area contributed by atoms with E-state index in [1.165, 1.54) is 11.3 Å². The lowest BCUT2D eigenvalue weighted by Crippen LogP contribution is -2.45. The highest BCUT2D eigenvalue weighted by Crippen LogP contribution is 2.36. The molecule has 3 rings (SSSR count). The summed E-state index contributed by atoms with van der Waals surface area (Å²) in [4.78, 5) is 41.2. The number of hydrogen-bond acceptors (Lipinski definition) is 9. The Morgan fingerprint density at radius 3 is 2.57 bits per heavy atom. The summed E-state index contributed by atoms with van der Waals surface area (Å²) in [5.74, 6) is -1.65. The van der Waals surface area contributed by atoms with Crippen LogP contribution < -0.4 is 0 Å². The number of thiazole rings is 1. The molecule has 0 aromatic carbocycles. The number of Topliss-reactive ketones (excluding diaryl/α,β-unsaturated/α-hetero) is 1. The van der Waals surface area contributed by atoms with Crippen LogP contribution >= 0.6 is 11.3 Å². The predicted octanol–water partition coefficient (Wildman–Crippen LogP) is 3.59. The molecule has 0 unspecified atom stereocenters. The Hall–Kier alpha value is -1.94. The van der Waals surface area contributed by atoms with E-state index in [0.717, 1.165) is 24.8 Å². The molecule has 2 aliphatic heterocycles. The molecule has 8 nitrogen and oxygen atoms in total. The molecule has 0 aliphatic carbocycles. The van der Waals surface area contributed by atoms with Gasteiger partial charge in [0.1, 0.15) is 11.9 Å². The average Bonchev–Trinajstić information content (AvgIpc) is 3.38. The van der Waals surface area contributed by atoms with E-state index in [9.17, 15) is 24.6 Å². The van der Waals surface area contributed by atoms with Crippen molar-refractivity contribution in [2.24, 2.45) is 17.3 Å². The van der Waals surface area contributed by atoms with E-state index >= 15 is 0 Å². The zero-order chi connectivity index (χ0) is 25.9. The summed E-state index contributed by atoms with van der Waals surface area (Å²) in [6, 6.07) is 0. The molecule has 0 amide bonds. The van der Waals surface area contributed by atoms with Gasteiger partial charge < -0.3 is 19.7 Å². The van der Waals surface area contributed by atoms with Crippen LogP contribution in [0.25, 0.3) is 6.08 Å². The number of aldehydes is 1. The first-order valence-corrected chi connectivity index (χ1v) is 13.2. The van der Waals surface area contributed by atoms with Crippen LogP contribution in [0, 0.1) is 17.3 Å². The normalized spacial score (nSPS) is 35.2. The molecule has 2 aliphatic rings. The first-order chi connectivity index (χ1) is 16.4. The fourth-order valence-corrected chi connectivity index (χ4v) is 5.33. The van der Waals surface area contributed by atoms with Gasteiger partial charge in [0.25, 0.3) is 0 Å². The second-order valence-corrected chi connectivity index (χ2v) is 11.4. The molecule has 2 fully saturated rings. The van der Waals surface area contributed by atoms with Gasteiger partial charge in [-0.15, -0.1) is 11.3 Å². The fraction of sp³-hybridized carbons (Fsp3) is 0.692. The van der Waals surface area contributed by atoms with E-state index in [0.29, 0.717) is 23.4 Å². The van der Waals surface area contributed by atoms with Crippen LogP contribution in [0.15, 0.2) is 11.0 Å². The van der Waals surface area contributed by atoms with Crippen LogP contribution in [0.4, 0.5) is 0 Å². The van der Waals surface area contributed by atoms with Gasteiger partial charge in [-0.2, -0.15) is 0 Å². The molecular weight excluding hydrogens is 470 g/mol. The van der Waals surface area contributed by atoms with Crippen LogP contribution in [0.2, 0.25) is 0 Å². The van der Waals surface area contributed by atoms with Crippen molar-refractivity contribution in [2.45, 2.75) is 97.2 Å². The molecule has 9 heteroatoms. The van der Waals surface area contributed by atoms with Crippen molar-refractivity contribution >= 4 is 35.5 Å². The van der Waals surface area contributed by atoms with Gasteiger partial charge in [-0.1, -0.05) is 34.1 Å². The molecule has 1 aromatic rings. The lowest BCUT2D eigenvalue weighted by atomic mass is 9.73. The zero-order valence-corrected chi connectivity index (χ0v) is 21.9. The van der Waals surface area contributed by atoms with Crippen LogP contribution in [-0.2, 0) is 19.1 Å². The van der Waals surface area contributed by atoms with Crippen LogP contribution in [-0.4, -0.2) is 63.8 Å². The number of cyclic esters (lactones) is 1. The zero-order valence-electron chi connectivity index (χ0n) is 21.1. The number of ether oxygens (including phenoxy) is 2. The van der Waals surface area contributed by atoms with Gasteiger partial charge in [-0.3, -0.25) is 14.4 Å². The molecule has 35 heavy (non-hydrogen) atoms. The lowest BCUT2D eigenvalue weighted by molar-refractivity contribution is -0.154. The van der Waals surface area contributed by atoms with Gasteiger partial charge in [-0.25, -0.2) is 4.98 Å². The quantitative estimate of drug-likeness (QED) is 0.361. The largest absolute Gasteiger partial charge is 0.458 e. The molecule has 0 bridgehead atoms. The number of nitrogens with zero attached hydrogens (tertiary/aromatic N) is 1. The summed E-state index contributed by atoms with van der Waals surface area (Å²) in [5.41, 5.74) is 0.138. The number of epoxide rings is 1. The maximum absolute atomic E-state index is 13.2. The highest BCUT2D eigenvalue weighted by atomic mass is 32.1. The van der Waals surface area contributed by atoms with Crippen molar-refractivity contribution < 1.29 is 34.1 Å². The summed E-state index contributed by atoms with van der Waals surface area (Å²) in [6.45, 7) is 8.65. The number of aliphatic hydroxyl groups is 2. The van der Waals surface area contributed by atoms with Crippen LogP contribution in [0.5, 0.6) is 0 Å². The topological polar surface area (TPSA) is 126 Å². The van der Waals surface area contributed by atoms with Gasteiger partial charge in [0.05, 0.1) is 41.9 Å². The number of rotatable bonds is 3. The standard InChI is InChI=1S/C26H37NO7S/c1-14-7-6-8-18-20(33-18)10-19(15(2)9-17-13-35-22(12-28)27-17)34-23(30)11-21(29)26(4,5)25(32)16(3)24(14)31/h9,12-14,16,18-21,24,29,31H,6-8,10-11H2,1-5H3/b15-9+/t14-,16+,18+,19-,20-,21-,24-/m0/s1. The average molecular weight is 508 g/mol. The number of ketones is 1. The highest BCUT2D eigenvalue weighted by molar-refractivity contribution is 7.11. The van der Waals surface area contributed by atoms with Crippen molar-refractivity contribution in [2.75, 3.05) is 0 Å². The maximum atomic E-state index is 13.2. The lowest BCUT2D eigenvalue weighted by Gasteiger charge is -2.34. The molecule has 1 aromatic heterocycles. The summed E-state index contributed by atoms with van der Waals surface area (Å²) in [6.07, 6.45) is 2.37. The molecule has 2 N–H and O–H groups in total. The third-order valence-electron chi connectivity index (χ3n) is 7.42. The molecular formula is C26H37NO7S. The van der Waals surface area contributed by atoms with Gasteiger partial charge in [0, 0.05) is 17.7 Å². The minimum absolute atomic E-state index is 0.0490. The molecule has 0 saturated carbocycles. The SMILES string of the molecule is C/C(=C\c1csc(C=O)n1)[C@@H]1C[C@@H]2O[C@@H]2CCC[C@H](C)[C@H](O)[C@@H](C)C(=O)C(C)(C)[C@@H](O)CC(=O)O1. The van der Waals surface area contributed by atoms with E-state index in [-0.39, 0.29) is 30.3 Å². The first kappa shape index (κ1) is 27.6. The van der Waals surface area contributed by atoms with Crippen molar-refractivity contribution in [3.8, 4) is 0 Å². The number of hydrogen-bond donors (Lipinski definition) is 2. The molecule has 0 spiro atoms. The fourth-order valence-electron chi connectivity index (χ4n) is 4.76. The summed E-state index contributed by atoms with van der Waals surface area (Å²) >= 11 is 1.24. The van der Waals surface area contributed by atoms with Crippen molar-refractivity contribution in [1.82, 2.24) is 4.98 Å². The number of fused-ring (bicyclic) bond motifs is 1. The molecule has 0 radical (unpaired) electrons. The van der Waals surface area contributed by atoms with Gasteiger partial charge >= 0.3 is 5.97 Å². The van der Waals surface area contributed by atoms with Gasteiger partial charge in [0.15, 0.2) is 11.3 Å². The minimum atomic E-state index is -1.26. The number of esters is 1. The second-order valence-electron chi connectivity index (χ2n) is 10.5. The van der Waals surface area contributed by atoms with Crippen LogP contribution in [0.3, 0.4) is 0 Å². The van der Waals surface area contributed by atoms with E-state index in [2.05, 4.69) is 4.98 Å². The Morgan fingerprint density at radius 2 is 1.91 bits per heavy atom. The smallest absolute Gasteiger partial charge is 0.309 e. The first-order valence-electron chi connectivity index (χ1n) is 12.3. The Morgan fingerprint density at radius 1 is 1.20 bits per heavy atom. The van der Waals surface area contributed by atoms with Gasteiger partial charge in [-0.05, 0) is 37.3 Å². The highest BCUT2D eigenvalue weighted by Gasteiger charge is 2.44. The number of carbonyl (C=O) groups is 3. The maximum Gasteiger partial charge on any atom is 0.309 e. The van der Waals surface area contributed by atoms with Crippen molar-refractivity contribution in [3.63, 3.8) is 0 Å². The molecule has 194 valence electrons. The Labute approximate surface area is 210 Å². The number of carbonyl (C=O) groups excluding carboxylic acids is 3. The Bertz CT molecular complexity index is 955. The Balaban J connectivity index is 1.82. The van der Waals surface area contributed by atoms with E-state index in [4.69, 9.17) is 9.47 Å². The van der Waals surface area contributed by atoms with Crippen molar-refractivity contribution in [1.29, 1.82) is 0 Å². The predicted molar refractivity (Wildman–Crippen MR) is 132 cm³/mol. The monoisotopic (exact) mass is 507 g/mol. The van der Waals surface area contributed by atoms with E-state index < -0.39 is 35.6 Å². The van der Waals surface area contributed by atoms with Crippen molar-refractivity contribution in [3.05, 3.63) is 21.7 Å². The number of aromatic nitrogens is 1. The minimum Gasteiger partial charge on any atom is -0.458 e. The second kappa shape index (κ2) is 11.4. The summed E-state index contributed by atoms with van der Waals surface area (Å²) in [5, 5.41) is 23.7. The Kier molecular flexibility index (Phi) is 9.01. The number of aliphatic hydroxyl groups excluding tert-OH is 2. The molecule has 7 atom stereocenters. The van der Waals surface area contributed by atoms with Crippen LogP contribution in [0.1, 0.15) is 82.2 Å². The summed E-state index contributed by atoms with van der Waals surface area (Å²) in [7, 11) is 0. The molecule has 3 heterocycles. The summed E-state index contributed by atoms with van der Waals surface area (Å²) < 4.78 is 11.6. The third kappa shape index (κ3) is 6.84. The molecule has 2 saturated heterocycles. The van der Waals surface area contributed by atoms with E-state index in [1.54, 1.807) is 32.2 Å². The van der Waals surface area contributed by atoms with Gasteiger partial charge in [0.2, 0.25) is 0 Å². The third-order valence-corrected chi connectivity index (χ3v) is 8.21.